The lowest BCUT2D eigenvalue weighted by atomic mass is 10.0. The summed E-state index contributed by atoms with van der Waals surface area (Å²) < 4.78 is 4.78. The summed E-state index contributed by atoms with van der Waals surface area (Å²) >= 11 is 0. The summed E-state index contributed by atoms with van der Waals surface area (Å²) in [6.45, 7) is 4.75. The molecule has 0 saturated carbocycles. The van der Waals surface area contributed by atoms with Crippen molar-refractivity contribution in [1.82, 2.24) is 20.3 Å². The van der Waals surface area contributed by atoms with Crippen molar-refractivity contribution in [2.24, 2.45) is 0 Å². The number of ether oxygens (including phenoxy) is 1. The molecule has 11 nitrogen and oxygen atoms in total. The van der Waals surface area contributed by atoms with Crippen LogP contribution in [0.5, 0.6) is 0 Å². The van der Waals surface area contributed by atoms with Crippen LogP contribution in [-0.2, 0) is 19.2 Å². The Balaban J connectivity index is 1.55. The predicted octanol–water partition coefficient (Wildman–Crippen LogP) is 3.92. The average Bonchev–Trinajstić information content (AvgIpc) is 2.99. The molecule has 3 aromatic rings. The maximum atomic E-state index is 13.6. The molecule has 0 spiro atoms. The minimum Gasteiger partial charge on any atom is -0.481 e. The fraction of sp³-hybridized carbons (Fsp3) is 0.323. The molecule has 2 heterocycles. The van der Waals surface area contributed by atoms with Gasteiger partial charge in [-0.05, 0) is 43.5 Å². The Bertz CT molecular complexity index is 1400. The predicted molar refractivity (Wildman–Crippen MR) is 154 cm³/mol. The van der Waals surface area contributed by atoms with Crippen molar-refractivity contribution in [2.75, 3.05) is 32.8 Å². The first-order chi connectivity index (χ1) is 20.2. The molecular weight excluding hydrogens is 540 g/mol. The maximum Gasteiger partial charge on any atom is 0.527 e. The fourth-order valence-electron chi connectivity index (χ4n) is 4.54. The number of aryl methyl sites for hydroxylation is 1. The topological polar surface area (TPSA) is 138 Å². The minimum atomic E-state index is -1.09. The molecule has 42 heavy (non-hydrogen) atoms. The molecule has 1 aliphatic heterocycles. The number of carboxylic acids is 1. The third kappa shape index (κ3) is 8.14. The number of nitrogens with one attached hydrogen (secondary N) is 1. The molecule has 4 rings (SSSR count). The number of hydrogen-bond acceptors (Lipinski definition) is 8. The lowest BCUT2D eigenvalue weighted by Gasteiger charge is -2.35. The number of carbonyl (C=O) groups excluding carboxylic acids is 3. The van der Waals surface area contributed by atoms with Gasteiger partial charge in [0.2, 0.25) is 5.91 Å². The van der Waals surface area contributed by atoms with E-state index >= 15 is 0 Å². The van der Waals surface area contributed by atoms with Gasteiger partial charge in [-0.3, -0.25) is 14.4 Å². The molecule has 1 fully saturated rings. The molecule has 2 amide bonds. The monoisotopic (exact) mass is 574 g/mol. The number of carbonyl (C=O) groups is 4. The number of aromatic nitrogens is 1. The van der Waals surface area contributed by atoms with E-state index in [1.165, 1.54) is 9.96 Å². The average molecular weight is 575 g/mol. The number of pyridine rings is 1. The zero-order valence-electron chi connectivity index (χ0n) is 23.6. The van der Waals surface area contributed by atoms with Crippen LogP contribution in [-0.4, -0.2) is 82.8 Å². The van der Waals surface area contributed by atoms with Crippen molar-refractivity contribution >= 4 is 23.9 Å². The van der Waals surface area contributed by atoms with Gasteiger partial charge in [-0.1, -0.05) is 60.2 Å². The number of amides is 2. The van der Waals surface area contributed by atoms with Gasteiger partial charge in [0, 0.05) is 25.1 Å². The van der Waals surface area contributed by atoms with Gasteiger partial charge in [0.1, 0.15) is 11.7 Å². The van der Waals surface area contributed by atoms with E-state index in [2.05, 4.69) is 10.3 Å². The molecule has 1 atom stereocenters. The Labute approximate surface area is 244 Å². The first-order valence-electron chi connectivity index (χ1n) is 13.8. The highest BCUT2D eigenvalue weighted by atomic mass is 16.8. The number of rotatable bonds is 10. The van der Waals surface area contributed by atoms with E-state index < -0.39 is 30.0 Å². The smallest absolute Gasteiger partial charge is 0.481 e. The Morgan fingerprint density at radius 2 is 1.62 bits per heavy atom. The van der Waals surface area contributed by atoms with Gasteiger partial charge in [0.15, 0.2) is 0 Å². The Hall–Kier alpha value is -4.77. The second kappa shape index (κ2) is 14.2. The highest BCUT2D eigenvalue weighted by molar-refractivity contribution is 5.97. The third-order valence-corrected chi connectivity index (χ3v) is 6.78. The zero-order chi connectivity index (χ0) is 30.1. The molecule has 2 N–H and O–H groups in total. The van der Waals surface area contributed by atoms with Gasteiger partial charge >= 0.3 is 12.1 Å². The van der Waals surface area contributed by atoms with Crippen LogP contribution in [0.15, 0.2) is 66.7 Å². The summed E-state index contributed by atoms with van der Waals surface area (Å²) in [5.74, 6) is -2.09. The molecule has 2 aromatic carbocycles. The van der Waals surface area contributed by atoms with E-state index in [0.717, 1.165) is 22.3 Å². The largest absolute Gasteiger partial charge is 0.527 e. The second-order valence-corrected chi connectivity index (χ2v) is 9.85. The molecular formula is C31H34N4O7. The van der Waals surface area contributed by atoms with Crippen LogP contribution in [0.25, 0.3) is 22.4 Å². The van der Waals surface area contributed by atoms with Crippen molar-refractivity contribution in [1.29, 1.82) is 0 Å². The van der Waals surface area contributed by atoms with E-state index in [9.17, 15) is 24.3 Å². The normalized spacial score (nSPS) is 14.1. The highest BCUT2D eigenvalue weighted by Crippen LogP contribution is 2.26. The molecule has 0 bridgehead atoms. The van der Waals surface area contributed by atoms with Crippen molar-refractivity contribution in [2.45, 2.75) is 32.7 Å². The quantitative estimate of drug-likeness (QED) is 0.345. The lowest BCUT2D eigenvalue weighted by molar-refractivity contribution is -0.157. The van der Waals surface area contributed by atoms with Gasteiger partial charge in [-0.25, -0.2) is 9.78 Å². The molecule has 11 heteroatoms. The zero-order valence-corrected chi connectivity index (χ0v) is 23.6. The Morgan fingerprint density at radius 3 is 2.26 bits per heavy atom. The Morgan fingerprint density at radius 1 is 0.929 bits per heavy atom. The summed E-state index contributed by atoms with van der Waals surface area (Å²) in [5.41, 5.74) is 4.28. The number of aliphatic carboxylic acids is 1. The summed E-state index contributed by atoms with van der Waals surface area (Å²) in [6, 6.07) is 19.8. The molecule has 1 aliphatic rings. The fourth-order valence-corrected chi connectivity index (χ4v) is 4.54. The Kier molecular flexibility index (Phi) is 10.2. The summed E-state index contributed by atoms with van der Waals surface area (Å²) in [7, 11) is 0. The SMILES string of the molecule is CCOC(=O)ON1CCN(C(=O)[C@H](CCC(=O)O)NC(=O)c2cc(-c3ccccc3)cc(-c3ccc(C)cc3)n2)CC1. The standard InChI is InChI=1S/C31H34N4O7/c1-3-41-31(40)42-35-17-15-34(16-18-35)30(39)25(13-14-28(36)37)33-29(38)27-20-24(22-7-5-4-6-8-22)19-26(32-27)23-11-9-21(2)10-12-23/h4-12,19-20,25H,3,13-18H2,1-2H3,(H,33,38)(H,36,37)/t25-/m0/s1. The van der Waals surface area contributed by atoms with Crippen molar-refractivity contribution < 1.29 is 33.9 Å². The van der Waals surface area contributed by atoms with Gasteiger partial charge in [-0.2, -0.15) is 0 Å². The van der Waals surface area contributed by atoms with Crippen LogP contribution < -0.4 is 5.32 Å². The van der Waals surface area contributed by atoms with E-state index in [-0.39, 0.29) is 51.3 Å². The van der Waals surface area contributed by atoms with Gasteiger partial charge in [-0.15, -0.1) is 5.06 Å². The van der Waals surface area contributed by atoms with Crippen molar-refractivity contribution in [3.05, 3.63) is 78.0 Å². The third-order valence-electron chi connectivity index (χ3n) is 6.78. The van der Waals surface area contributed by atoms with Gasteiger partial charge in [0.05, 0.1) is 25.4 Å². The lowest BCUT2D eigenvalue weighted by Crippen LogP contribution is -2.55. The van der Waals surface area contributed by atoms with Crippen LogP contribution in [0.4, 0.5) is 4.79 Å². The first-order valence-corrected chi connectivity index (χ1v) is 13.8. The summed E-state index contributed by atoms with van der Waals surface area (Å²) in [6.07, 6.45) is -1.23. The number of benzene rings is 2. The van der Waals surface area contributed by atoms with E-state index in [1.54, 1.807) is 13.0 Å². The molecule has 1 saturated heterocycles. The summed E-state index contributed by atoms with van der Waals surface area (Å²) in [4.78, 5) is 61.2. The van der Waals surface area contributed by atoms with Crippen LogP contribution in [0, 0.1) is 6.92 Å². The van der Waals surface area contributed by atoms with Crippen LogP contribution >= 0.6 is 0 Å². The minimum absolute atomic E-state index is 0.0946. The maximum absolute atomic E-state index is 13.6. The van der Waals surface area contributed by atoms with Gasteiger partial charge < -0.3 is 24.9 Å². The van der Waals surface area contributed by atoms with Crippen LogP contribution in [0.1, 0.15) is 35.8 Å². The van der Waals surface area contributed by atoms with Crippen LogP contribution in [0.3, 0.4) is 0 Å². The number of nitrogens with zero attached hydrogens (tertiary/aromatic N) is 3. The summed E-state index contributed by atoms with van der Waals surface area (Å²) in [5, 5.41) is 13.4. The molecule has 1 aromatic heterocycles. The first kappa shape index (κ1) is 30.2. The van der Waals surface area contributed by atoms with Crippen molar-refractivity contribution in [3.63, 3.8) is 0 Å². The van der Waals surface area contributed by atoms with Crippen molar-refractivity contribution in [3.8, 4) is 22.4 Å². The molecule has 0 radical (unpaired) electrons. The van der Waals surface area contributed by atoms with E-state index in [1.807, 2.05) is 67.6 Å². The number of hydroxylamine groups is 2. The van der Waals surface area contributed by atoms with Crippen LogP contribution in [0.2, 0.25) is 0 Å². The number of hydrogen-bond donors (Lipinski definition) is 2. The van der Waals surface area contributed by atoms with E-state index in [0.29, 0.717) is 5.69 Å². The highest BCUT2D eigenvalue weighted by Gasteiger charge is 2.31. The molecule has 0 unspecified atom stereocenters. The molecule has 0 aliphatic carbocycles. The second-order valence-electron chi connectivity index (χ2n) is 9.85. The molecule has 220 valence electrons. The number of piperazine rings is 1. The number of carboxylic acid groups (broad SMARTS) is 1. The van der Waals surface area contributed by atoms with Gasteiger partial charge in [0.25, 0.3) is 5.91 Å². The van der Waals surface area contributed by atoms with E-state index in [4.69, 9.17) is 9.57 Å².